The number of carbonyl (C=O) groups is 1. The summed E-state index contributed by atoms with van der Waals surface area (Å²) in [4.78, 5) is 13.9. The molecule has 0 radical (unpaired) electrons. The zero-order valence-electron chi connectivity index (χ0n) is 13.7. The summed E-state index contributed by atoms with van der Waals surface area (Å²) in [5, 5.41) is 7.13. The smallest absolute Gasteiger partial charge is 0.317 e. The first-order valence-corrected chi connectivity index (χ1v) is 7.57. The van der Waals surface area contributed by atoms with E-state index >= 15 is 0 Å². The first kappa shape index (κ1) is 16.1. The van der Waals surface area contributed by atoms with Crippen molar-refractivity contribution in [2.75, 3.05) is 7.05 Å². The number of aromatic nitrogens is 2. The molecular formula is C17H24N4O. The molecule has 5 nitrogen and oxygen atoms in total. The molecule has 0 spiro atoms. The number of aryl methyl sites for hydroxylation is 2. The molecule has 22 heavy (non-hydrogen) atoms. The van der Waals surface area contributed by atoms with Crippen LogP contribution in [0.1, 0.15) is 36.6 Å². The van der Waals surface area contributed by atoms with Crippen molar-refractivity contribution < 1.29 is 4.79 Å². The molecule has 118 valence electrons. The molecule has 0 aliphatic rings. The lowest BCUT2D eigenvalue weighted by molar-refractivity contribution is 0.203. The monoisotopic (exact) mass is 300 g/mol. The van der Waals surface area contributed by atoms with Gasteiger partial charge in [-0.3, -0.25) is 4.68 Å². The van der Waals surface area contributed by atoms with Crippen molar-refractivity contribution in [1.29, 1.82) is 0 Å². The van der Waals surface area contributed by atoms with E-state index in [0.29, 0.717) is 6.54 Å². The summed E-state index contributed by atoms with van der Waals surface area (Å²) in [7, 11) is 3.65. The number of hydrogen-bond donors (Lipinski definition) is 1. The summed E-state index contributed by atoms with van der Waals surface area (Å²) in [6.07, 6.45) is 4.71. The maximum Gasteiger partial charge on any atom is 0.317 e. The van der Waals surface area contributed by atoms with Crippen molar-refractivity contribution in [2.45, 2.75) is 32.9 Å². The highest BCUT2D eigenvalue weighted by atomic mass is 16.2. The fraction of sp³-hybridized carbons (Fsp3) is 0.412. The Bertz CT molecular complexity index is 618. The standard InChI is InChI=1S/C17H24N4O/c1-5-14-6-8-16(9-7-14)13(2)19-17(22)20(3)11-15-10-18-21(4)12-15/h6-10,12-13H,5,11H2,1-4H3,(H,19,22). The molecule has 0 aliphatic heterocycles. The van der Waals surface area contributed by atoms with Crippen molar-refractivity contribution in [3.63, 3.8) is 0 Å². The van der Waals surface area contributed by atoms with Crippen LogP contribution < -0.4 is 5.32 Å². The van der Waals surface area contributed by atoms with Crippen molar-refractivity contribution >= 4 is 6.03 Å². The molecule has 1 aromatic carbocycles. The average Bonchev–Trinajstić information content (AvgIpc) is 2.92. The van der Waals surface area contributed by atoms with Gasteiger partial charge in [0.15, 0.2) is 0 Å². The van der Waals surface area contributed by atoms with Crippen molar-refractivity contribution in [2.24, 2.45) is 7.05 Å². The number of nitrogens with zero attached hydrogens (tertiary/aromatic N) is 3. The Morgan fingerprint density at radius 2 is 2.00 bits per heavy atom. The number of carbonyl (C=O) groups excluding carboxylic acids is 1. The molecule has 2 rings (SSSR count). The third kappa shape index (κ3) is 4.10. The van der Waals surface area contributed by atoms with Crippen LogP contribution in [0.3, 0.4) is 0 Å². The molecule has 0 bridgehead atoms. The van der Waals surface area contributed by atoms with E-state index in [1.165, 1.54) is 5.56 Å². The van der Waals surface area contributed by atoms with E-state index in [1.807, 2.05) is 20.2 Å². The molecule has 1 unspecified atom stereocenters. The van der Waals surface area contributed by atoms with Crippen molar-refractivity contribution in [3.05, 3.63) is 53.3 Å². The Kier molecular flexibility index (Phi) is 5.20. The molecule has 2 aromatic rings. The fourth-order valence-electron chi connectivity index (χ4n) is 2.32. The van der Waals surface area contributed by atoms with E-state index in [-0.39, 0.29) is 12.1 Å². The van der Waals surface area contributed by atoms with Gasteiger partial charge in [0.2, 0.25) is 0 Å². The maximum absolute atomic E-state index is 12.2. The highest BCUT2D eigenvalue weighted by Crippen LogP contribution is 2.14. The topological polar surface area (TPSA) is 50.2 Å². The van der Waals surface area contributed by atoms with Crippen LogP contribution in [0.2, 0.25) is 0 Å². The molecule has 1 aromatic heterocycles. The fourth-order valence-corrected chi connectivity index (χ4v) is 2.32. The van der Waals surface area contributed by atoms with E-state index in [1.54, 1.807) is 22.8 Å². The quantitative estimate of drug-likeness (QED) is 0.923. The van der Waals surface area contributed by atoms with Gasteiger partial charge in [0.1, 0.15) is 0 Å². The summed E-state index contributed by atoms with van der Waals surface area (Å²) >= 11 is 0. The maximum atomic E-state index is 12.2. The summed E-state index contributed by atoms with van der Waals surface area (Å²) in [5.74, 6) is 0. The number of nitrogens with one attached hydrogen (secondary N) is 1. The molecule has 1 atom stereocenters. The third-order valence-corrected chi connectivity index (χ3v) is 3.75. The van der Waals surface area contributed by atoms with E-state index in [9.17, 15) is 4.79 Å². The van der Waals surface area contributed by atoms with Crippen LogP contribution >= 0.6 is 0 Å². The minimum Gasteiger partial charge on any atom is -0.331 e. The van der Waals surface area contributed by atoms with Gasteiger partial charge in [0, 0.05) is 25.9 Å². The number of hydrogen-bond acceptors (Lipinski definition) is 2. The van der Waals surface area contributed by atoms with Gasteiger partial charge in [0.05, 0.1) is 18.8 Å². The molecule has 0 saturated carbocycles. The lowest BCUT2D eigenvalue weighted by Gasteiger charge is -2.21. The molecular weight excluding hydrogens is 276 g/mol. The average molecular weight is 300 g/mol. The highest BCUT2D eigenvalue weighted by Gasteiger charge is 2.14. The SMILES string of the molecule is CCc1ccc(C(C)NC(=O)N(C)Cc2cnn(C)c2)cc1. The first-order chi connectivity index (χ1) is 10.5. The van der Waals surface area contributed by atoms with Crippen LogP contribution in [0, 0.1) is 0 Å². The predicted octanol–water partition coefficient (Wildman–Crippen LogP) is 2.89. The van der Waals surface area contributed by atoms with Crippen LogP contribution in [-0.4, -0.2) is 27.8 Å². The normalized spacial score (nSPS) is 12.0. The third-order valence-electron chi connectivity index (χ3n) is 3.75. The summed E-state index contributed by atoms with van der Waals surface area (Å²) in [6, 6.07) is 8.26. The Labute approximate surface area is 131 Å². The second kappa shape index (κ2) is 7.11. The Morgan fingerprint density at radius 3 is 2.55 bits per heavy atom. The predicted molar refractivity (Wildman–Crippen MR) is 87.4 cm³/mol. The van der Waals surface area contributed by atoms with Gasteiger partial charge in [0.25, 0.3) is 0 Å². The second-order valence-electron chi connectivity index (χ2n) is 5.64. The van der Waals surface area contributed by atoms with Crippen molar-refractivity contribution in [3.8, 4) is 0 Å². The summed E-state index contributed by atoms with van der Waals surface area (Å²) < 4.78 is 1.74. The van der Waals surface area contributed by atoms with Gasteiger partial charge in [-0.05, 0) is 24.5 Å². The molecule has 0 fully saturated rings. The lowest BCUT2D eigenvalue weighted by Crippen LogP contribution is -2.38. The van der Waals surface area contributed by atoms with Crippen LogP contribution in [0.5, 0.6) is 0 Å². The Hall–Kier alpha value is -2.30. The van der Waals surface area contributed by atoms with Gasteiger partial charge in [-0.25, -0.2) is 4.79 Å². The second-order valence-corrected chi connectivity index (χ2v) is 5.64. The first-order valence-electron chi connectivity index (χ1n) is 7.57. The van der Waals surface area contributed by atoms with Gasteiger partial charge in [-0.2, -0.15) is 5.10 Å². The van der Waals surface area contributed by atoms with E-state index in [4.69, 9.17) is 0 Å². The number of urea groups is 1. The molecule has 0 aliphatic carbocycles. The van der Waals surface area contributed by atoms with Crippen LogP contribution in [0.25, 0.3) is 0 Å². The Balaban J connectivity index is 1.91. The summed E-state index contributed by atoms with van der Waals surface area (Å²) in [5.41, 5.74) is 3.43. The van der Waals surface area contributed by atoms with E-state index in [2.05, 4.69) is 41.6 Å². The molecule has 5 heteroatoms. The van der Waals surface area contributed by atoms with Gasteiger partial charge in [-0.15, -0.1) is 0 Å². The van der Waals surface area contributed by atoms with Crippen LogP contribution in [0.15, 0.2) is 36.7 Å². The Morgan fingerprint density at radius 1 is 1.32 bits per heavy atom. The van der Waals surface area contributed by atoms with Gasteiger partial charge >= 0.3 is 6.03 Å². The van der Waals surface area contributed by atoms with E-state index < -0.39 is 0 Å². The zero-order valence-corrected chi connectivity index (χ0v) is 13.7. The highest BCUT2D eigenvalue weighted by molar-refractivity contribution is 5.74. The minimum atomic E-state index is -0.0871. The molecule has 0 saturated heterocycles. The van der Waals surface area contributed by atoms with Gasteiger partial charge in [-0.1, -0.05) is 31.2 Å². The van der Waals surface area contributed by atoms with E-state index in [0.717, 1.165) is 17.5 Å². The minimum absolute atomic E-state index is 0.0187. The largest absolute Gasteiger partial charge is 0.331 e. The molecule has 1 N–H and O–H groups in total. The summed E-state index contributed by atoms with van der Waals surface area (Å²) in [6.45, 7) is 4.67. The number of benzene rings is 1. The molecule has 1 heterocycles. The van der Waals surface area contributed by atoms with Gasteiger partial charge < -0.3 is 10.2 Å². The number of amides is 2. The molecule has 2 amide bonds. The van der Waals surface area contributed by atoms with Crippen LogP contribution in [0.4, 0.5) is 4.79 Å². The van der Waals surface area contributed by atoms with Crippen molar-refractivity contribution in [1.82, 2.24) is 20.0 Å². The lowest BCUT2D eigenvalue weighted by atomic mass is 10.1. The number of rotatable bonds is 5. The zero-order chi connectivity index (χ0) is 16.1. The van der Waals surface area contributed by atoms with Crippen LogP contribution in [-0.2, 0) is 20.0 Å².